The monoisotopic (exact) mass is 248 g/mol. The molecule has 0 saturated carbocycles. The lowest BCUT2D eigenvalue weighted by Gasteiger charge is -2.27. The number of rotatable bonds is 1. The highest BCUT2D eigenvalue weighted by molar-refractivity contribution is 7.71. The molecule has 2 heterocycles. The molecule has 0 aromatic carbocycles. The molecule has 0 fully saturated rings. The van der Waals surface area contributed by atoms with Crippen molar-refractivity contribution in [2.75, 3.05) is 19.3 Å². The highest BCUT2D eigenvalue weighted by Gasteiger charge is 2.22. The van der Waals surface area contributed by atoms with E-state index in [-0.39, 0.29) is 0 Å². The zero-order valence-corrected chi connectivity index (χ0v) is 11.0. The Morgan fingerprint density at radius 2 is 2.18 bits per heavy atom. The van der Waals surface area contributed by atoms with Gasteiger partial charge in [0.2, 0.25) is 0 Å². The van der Waals surface area contributed by atoms with Crippen LogP contribution >= 0.6 is 12.2 Å². The van der Waals surface area contributed by atoms with E-state index in [1.807, 2.05) is 11.5 Å². The van der Waals surface area contributed by atoms with E-state index in [2.05, 4.69) is 18.0 Å². The molecule has 0 aliphatic carbocycles. The second-order valence-electron chi connectivity index (χ2n) is 4.37. The number of nitrogen functional groups attached to an aromatic ring is 1. The minimum atomic E-state index is 0.517. The van der Waals surface area contributed by atoms with Gasteiger partial charge in [-0.15, -0.1) is 0 Å². The maximum Gasteiger partial charge on any atom is 0.122 e. The molecule has 0 spiro atoms. The van der Waals surface area contributed by atoms with E-state index in [1.54, 1.807) is 0 Å². The van der Waals surface area contributed by atoms with Crippen molar-refractivity contribution in [1.29, 1.82) is 5.26 Å². The number of aromatic nitrogens is 1. The van der Waals surface area contributed by atoms with Crippen LogP contribution in [0.1, 0.15) is 23.6 Å². The van der Waals surface area contributed by atoms with Crippen molar-refractivity contribution in [2.24, 2.45) is 0 Å². The van der Waals surface area contributed by atoms with E-state index >= 15 is 0 Å². The largest absolute Gasteiger partial charge is 0.384 e. The molecule has 1 aromatic rings. The molecule has 0 atom stereocenters. The fourth-order valence-electron chi connectivity index (χ4n) is 2.37. The molecule has 90 valence electrons. The second kappa shape index (κ2) is 4.47. The van der Waals surface area contributed by atoms with Gasteiger partial charge in [0.1, 0.15) is 16.5 Å². The average molecular weight is 248 g/mol. The zero-order chi connectivity index (χ0) is 12.6. The number of nitrogens with zero attached hydrogens (tertiary/aromatic N) is 3. The minimum Gasteiger partial charge on any atom is -0.384 e. The van der Waals surface area contributed by atoms with E-state index in [0.717, 1.165) is 35.3 Å². The van der Waals surface area contributed by atoms with Crippen LogP contribution in [0.3, 0.4) is 0 Å². The summed E-state index contributed by atoms with van der Waals surface area (Å²) >= 11 is 5.47. The third-order valence-corrected chi connectivity index (χ3v) is 3.78. The maximum absolute atomic E-state index is 9.26. The fourth-order valence-corrected chi connectivity index (χ4v) is 2.79. The standard InChI is InChI=1S/C12H16N4S/c1-3-16-11(14)9(6-13)8-4-5-15(2)7-10(8)12(16)17/h3-5,7,14H2,1-2H3. The van der Waals surface area contributed by atoms with Crippen LogP contribution in [0.5, 0.6) is 0 Å². The summed E-state index contributed by atoms with van der Waals surface area (Å²) in [6, 6.07) is 2.23. The lowest BCUT2D eigenvalue weighted by Crippen LogP contribution is -2.29. The molecule has 0 saturated heterocycles. The lowest BCUT2D eigenvalue weighted by atomic mass is 9.97. The smallest absolute Gasteiger partial charge is 0.122 e. The van der Waals surface area contributed by atoms with Gasteiger partial charge in [0.15, 0.2) is 0 Å². The normalized spacial score (nSPS) is 15.4. The predicted octanol–water partition coefficient (Wildman–Crippen LogP) is 1.68. The summed E-state index contributed by atoms with van der Waals surface area (Å²) in [5, 5.41) is 9.26. The Kier molecular flexibility index (Phi) is 3.18. The molecular formula is C12H16N4S. The first-order valence-corrected chi connectivity index (χ1v) is 6.13. The third kappa shape index (κ3) is 1.84. The molecular weight excluding hydrogens is 232 g/mol. The summed E-state index contributed by atoms with van der Waals surface area (Å²) in [7, 11) is 2.07. The van der Waals surface area contributed by atoms with Crippen LogP contribution in [0, 0.1) is 16.0 Å². The molecule has 5 heteroatoms. The molecule has 0 amide bonds. The van der Waals surface area contributed by atoms with Crippen molar-refractivity contribution >= 4 is 18.0 Å². The number of fused-ring (bicyclic) bond motifs is 1. The second-order valence-corrected chi connectivity index (χ2v) is 4.75. The minimum absolute atomic E-state index is 0.517. The quantitative estimate of drug-likeness (QED) is 0.768. The van der Waals surface area contributed by atoms with E-state index in [0.29, 0.717) is 17.9 Å². The Bertz CT molecular complexity index is 553. The molecule has 1 aromatic heterocycles. The van der Waals surface area contributed by atoms with Gasteiger partial charge in [0.25, 0.3) is 0 Å². The average Bonchev–Trinajstić information content (AvgIpc) is 2.31. The van der Waals surface area contributed by atoms with Crippen LogP contribution in [0.25, 0.3) is 0 Å². The highest BCUT2D eigenvalue weighted by atomic mass is 32.1. The molecule has 0 radical (unpaired) electrons. The molecule has 1 aliphatic heterocycles. The van der Waals surface area contributed by atoms with Crippen LogP contribution in [0.4, 0.5) is 5.82 Å². The summed E-state index contributed by atoms with van der Waals surface area (Å²) in [4.78, 5) is 2.22. The number of hydrogen-bond donors (Lipinski definition) is 1. The Morgan fingerprint density at radius 3 is 2.76 bits per heavy atom. The van der Waals surface area contributed by atoms with Crippen molar-refractivity contribution in [3.05, 3.63) is 21.3 Å². The van der Waals surface area contributed by atoms with Crippen molar-refractivity contribution < 1.29 is 0 Å². The van der Waals surface area contributed by atoms with Crippen LogP contribution in [-0.2, 0) is 19.5 Å². The van der Waals surface area contributed by atoms with E-state index in [1.165, 1.54) is 0 Å². The molecule has 0 bridgehead atoms. The van der Waals surface area contributed by atoms with Crippen LogP contribution < -0.4 is 5.73 Å². The Morgan fingerprint density at radius 1 is 1.47 bits per heavy atom. The van der Waals surface area contributed by atoms with E-state index < -0.39 is 0 Å². The van der Waals surface area contributed by atoms with Gasteiger partial charge < -0.3 is 15.2 Å². The SMILES string of the molecule is CCn1c(N)c(C#N)c2c(c1=S)CN(C)CC2. The van der Waals surface area contributed by atoms with Gasteiger partial charge in [-0.3, -0.25) is 0 Å². The van der Waals surface area contributed by atoms with Crippen molar-refractivity contribution in [3.8, 4) is 6.07 Å². The summed E-state index contributed by atoms with van der Waals surface area (Å²) < 4.78 is 2.64. The number of nitrogens with two attached hydrogens (primary N) is 1. The Hall–Kier alpha value is -1.38. The Labute approximate surface area is 106 Å². The first-order chi connectivity index (χ1) is 8.10. The molecule has 4 nitrogen and oxygen atoms in total. The summed E-state index contributed by atoms with van der Waals surface area (Å²) in [5.74, 6) is 0.517. The predicted molar refractivity (Wildman–Crippen MR) is 70.1 cm³/mol. The van der Waals surface area contributed by atoms with Gasteiger partial charge in [-0.1, -0.05) is 12.2 Å². The summed E-state index contributed by atoms with van der Waals surface area (Å²) in [6.07, 6.45) is 0.854. The number of pyridine rings is 1. The van der Waals surface area contributed by atoms with Gasteiger partial charge in [-0.05, 0) is 26.0 Å². The van der Waals surface area contributed by atoms with E-state index in [9.17, 15) is 5.26 Å². The number of hydrogen-bond acceptors (Lipinski definition) is 4. The number of likely N-dealkylation sites (N-methyl/N-ethyl adjacent to an activating group) is 1. The van der Waals surface area contributed by atoms with E-state index in [4.69, 9.17) is 18.0 Å². The zero-order valence-electron chi connectivity index (χ0n) is 10.2. The van der Waals surface area contributed by atoms with Crippen molar-refractivity contribution in [1.82, 2.24) is 9.47 Å². The molecule has 0 unspecified atom stereocenters. The lowest BCUT2D eigenvalue weighted by molar-refractivity contribution is 0.310. The van der Waals surface area contributed by atoms with Crippen molar-refractivity contribution in [3.63, 3.8) is 0 Å². The molecule has 2 N–H and O–H groups in total. The summed E-state index contributed by atoms with van der Waals surface area (Å²) in [5.41, 5.74) is 8.79. The van der Waals surface area contributed by atoms with Gasteiger partial charge >= 0.3 is 0 Å². The van der Waals surface area contributed by atoms with Gasteiger partial charge in [0.05, 0.1) is 5.56 Å². The first-order valence-electron chi connectivity index (χ1n) is 5.72. The van der Waals surface area contributed by atoms with Gasteiger partial charge in [-0.2, -0.15) is 5.26 Å². The van der Waals surface area contributed by atoms with Crippen LogP contribution in [0.2, 0.25) is 0 Å². The molecule has 1 aliphatic rings. The highest BCUT2D eigenvalue weighted by Crippen LogP contribution is 2.27. The van der Waals surface area contributed by atoms with Gasteiger partial charge in [0, 0.05) is 25.2 Å². The topological polar surface area (TPSA) is 58.0 Å². The maximum atomic E-state index is 9.26. The van der Waals surface area contributed by atoms with Gasteiger partial charge in [-0.25, -0.2) is 0 Å². The van der Waals surface area contributed by atoms with Crippen molar-refractivity contribution in [2.45, 2.75) is 26.4 Å². The first kappa shape index (κ1) is 12.1. The number of nitriles is 1. The number of anilines is 1. The molecule has 17 heavy (non-hydrogen) atoms. The van der Waals surface area contributed by atoms with Crippen LogP contribution in [-0.4, -0.2) is 23.1 Å². The van der Waals surface area contributed by atoms with Crippen LogP contribution in [0.15, 0.2) is 0 Å². The fraction of sp³-hybridized carbons (Fsp3) is 0.500. The Balaban J connectivity index is 2.77. The third-order valence-electron chi connectivity index (χ3n) is 3.32. The molecule has 2 rings (SSSR count). The summed E-state index contributed by atoms with van der Waals surface area (Å²) in [6.45, 7) is 4.46.